The number of hydrogen-bond donors (Lipinski definition) is 0. The first-order chi connectivity index (χ1) is 7.61. The minimum Gasteiger partial charge on any atom is -0.465 e. The summed E-state index contributed by atoms with van der Waals surface area (Å²) in [5, 5.41) is 0. The molecule has 0 aliphatic heterocycles. The van der Waals surface area contributed by atoms with Crippen molar-refractivity contribution in [1.82, 2.24) is 0 Å². The highest BCUT2D eigenvalue weighted by molar-refractivity contribution is 5.95. The van der Waals surface area contributed by atoms with E-state index in [0.29, 0.717) is 19.1 Å². The Morgan fingerprint density at radius 3 is 1.88 bits per heavy atom. The van der Waals surface area contributed by atoms with Crippen molar-refractivity contribution in [2.45, 2.75) is 33.6 Å². The lowest BCUT2D eigenvalue weighted by Crippen LogP contribution is -2.34. The first-order valence-corrected chi connectivity index (χ1v) is 5.95. The highest BCUT2D eigenvalue weighted by atomic mass is 16.6. The molecule has 0 bridgehead atoms. The lowest BCUT2D eigenvalue weighted by molar-refractivity contribution is -0.164. The molecule has 4 heteroatoms. The van der Waals surface area contributed by atoms with Gasteiger partial charge in [0.25, 0.3) is 0 Å². The molecule has 1 fully saturated rings. The summed E-state index contributed by atoms with van der Waals surface area (Å²) in [6, 6.07) is 0. The van der Waals surface area contributed by atoms with Crippen LogP contribution in [0.3, 0.4) is 0 Å². The van der Waals surface area contributed by atoms with E-state index in [1.54, 1.807) is 13.8 Å². The second kappa shape index (κ2) is 5.87. The summed E-state index contributed by atoms with van der Waals surface area (Å²) in [5.41, 5.74) is 0. The Hall–Kier alpha value is -1.06. The molecule has 1 aliphatic carbocycles. The van der Waals surface area contributed by atoms with Gasteiger partial charge in [-0.05, 0) is 38.5 Å². The molecule has 0 aromatic carbocycles. The van der Waals surface area contributed by atoms with Crippen LogP contribution in [0.4, 0.5) is 0 Å². The Labute approximate surface area is 96.3 Å². The van der Waals surface area contributed by atoms with E-state index < -0.39 is 17.9 Å². The van der Waals surface area contributed by atoms with Crippen LogP contribution in [-0.2, 0) is 19.1 Å². The molecule has 0 radical (unpaired) electrons. The van der Waals surface area contributed by atoms with E-state index in [1.807, 2.05) is 6.92 Å². The largest absolute Gasteiger partial charge is 0.465 e. The maximum absolute atomic E-state index is 11.7. The van der Waals surface area contributed by atoms with Crippen molar-refractivity contribution in [3.05, 3.63) is 0 Å². The number of carbonyl (C=O) groups excluding carboxylic acids is 2. The van der Waals surface area contributed by atoms with Gasteiger partial charge < -0.3 is 9.47 Å². The Morgan fingerprint density at radius 2 is 1.56 bits per heavy atom. The second-order valence-electron chi connectivity index (χ2n) is 4.18. The maximum atomic E-state index is 11.7. The van der Waals surface area contributed by atoms with Crippen molar-refractivity contribution in [2.24, 2.45) is 17.8 Å². The Balaban J connectivity index is 2.66. The SMILES string of the molecule is CCOC(=O)C(C(=O)OCC)C(C)C1CC1. The summed E-state index contributed by atoms with van der Waals surface area (Å²) < 4.78 is 9.86. The van der Waals surface area contributed by atoms with Crippen LogP contribution in [0.15, 0.2) is 0 Å². The molecular weight excluding hydrogens is 208 g/mol. The molecule has 4 nitrogen and oxygen atoms in total. The van der Waals surface area contributed by atoms with Gasteiger partial charge in [-0.3, -0.25) is 9.59 Å². The van der Waals surface area contributed by atoms with Crippen molar-refractivity contribution in [3.63, 3.8) is 0 Å². The van der Waals surface area contributed by atoms with Gasteiger partial charge in [0.05, 0.1) is 13.2 Å². The van der Waals surface area contributed by atoms with Gasteiger partial charge in [0.2, 0.25) is 0 Å². The number of rotatable bonds is 6. The average Bonchev–Trinajstić information content (AvgIpc) is 3.01. The second-order valence-corrected chi connectivity index (χ2v) is 4.18. The molecule has 1 saturated carbocycles. The van der Waals surface area contributed by atoms with Crippen LogP contribution in [0.2, 0.25) is 0 Å². The molecule has 1 aliphatic rings. The monoisotopic (exact) mass is 228 g/mol. The van der Waals surface area contributed by atoms with Crippen molar-refractivity contribution >= 4 is 11.9 Å². The molecule has 0 saturated heterocycles. The van der Waals surface area contributed by atoms with Crippen molar-refractivity contribution in [1.29, 1.82) is 0 Å². The molecule has 0 amide bonds. The fourth-order valence-corrected chi connectivity index (χ4v) is 1.88. The van der Waals surface area contributed by atoms with Crippen LogP contribution < -0.4 is 0 Å². The molecule has 1 unspecified atom stereocenters. The highest BCUT2D eigenvalue weighted by Gasteiger charge is 2.42. The molecule has 92 valence electrons. The van der Waals surface area contributed by atoms with Crippen molar-refractivity contribution in [2.75, 3.05) is 13.2 Å². The smallest absolute Gasteiger partial charge is 0.320 e. The fourth-order valence-electron chi connectivity index (χ4n) is 1.88. The van der Waals surface area contributed by atoms with Gasteiger partial charge in [0.15, 0.2) is 5.92 Å². The third-order valence-corrected chi connectivity index (χ3v) is 2.97. The molecule has 0 spiro atoms. The molecule has 0 heterocycles. The third kappa shape index (κ3) is 3.22. The normalized spacial score (nSPS) is 17.0. The van der Waals surface area contributed by atoms with Crippen LogP contribution in [0.5, 0.6) is 0 Å². The van der Waals surface area contributed by atoms with Crippen molar-refractivity contribution < 1.29 is 19.1 Å². The molecule has 1 atom stereocenters. The molecule has 0 N–H and O–H groups in total. The van der Waals surface area contributed by atoms with Gasteiger partial charge in [0.1, 0.15) is 0 Å². The Morgan fingerprint density at radius 1 is 1.12 bits per heavy atom. The standard InChI is InChI=1S/C12H20O4/c1-4-15-11(13)10(12(14)16-5-2)8(3)9-6-7-9/h8-10H,4-7H2,1-3H3. The maximum Gasteiger partial charge on any atom is 0.320 e. The molecule has 16 heavy (non-hydrogen) atoms. The summed E-state index contributed by atoms with van der Waals surface area (Å²) in [6.45, 7) is 6.00. The summed E-state index contributed by atoms with van der Waals surface area (Å²) in [7, 11) is 0. The third-order valence-electron chi connectivity index (χ3n) is 2.97. The summed E-state index contributed by atoms with van der Waals surface area (Å²) in [4.78, 5) is 23.4. The van der Waals surface area contributed by atoms with Gasteiger partial charge in [-0.25, -0.2) is 0 Å². The minimum atomic E-state index is -0.743. The first kappa shape index (κ1) is 13.0. The van der Waals surface area contributed by atoms with Gasteiger partial charge in [-0.15, -0.1) is 0 Å². The quantitative estimate of drug-likeness (QED) is 0.513. The zero-order valence-corrected chi connectivity index (χ0v) is 10.2. The average molecular weight is 228 g/mol. The van der Waals surface area contributed by atoms with Gasteiger partial charge in [0, 0.05) is 0 Å². The van der Waals surface area contributed by atoms with E-state index in [2.05, 4.69) is 0 Å². The zero-order valence-electron chi connectivity index (χ0n) is 10.2. The van der Waals surface area contributed by atoms with E-state index in [4.69, 9.17) is 9.47 Å². The van der Waals surface area contributed by atoms with E-state index >= 15 is 0 Å². The molecule has 0 aromatic rings. The summed E-state index contributed by atoms with van der Waals surface area (Å²) in [6.07, 6.45) is 2.19. The fraction of sp³-hybridized carbons (Fsp3) is 0.833. The van der Waals surface area contributed by atoms with E-state index in [0.717, 1.165) is 12.8 Å². The van der Waals surface area contributed by atoms with E-state index in [9.17, 15) is 9.59 Å². The number of hydrogen-bond acceptors (Lipinski definition) is 4. The Kier molecular flexibility index (Phi) is 4.77. The molecular formula is C12H20O4. The van der Waals surface area contributed by atoms with Crippen LogP contribution in [0.1, 0.15) is 33.6 Å². The van der Waals surface area contributed by atoms with Crippen molar-refractivity contribution in [3.8, 4) is 0 Å². The lowest BCUT2D eigenvalue weighted by atomic mass is 9.90. The number of esters is 2. The van der Waals surface area contributed by atoms with Gasteiger partial charge in [-0.2, -0.15) is 0 Å². The predicted molar refractivity (Wildman–Crippen MR) is 58.6 cm³/mol. The Bertz CT molecular complexity index is 240. The van der Waals surface area contributed by atoms with Gasteiger partial charge >= 0.3 is 11.9 Å². The summed E-state index contributed by atoms with van der Waals surface area (Å²) in [5.74, 6) is -1.13. The minimum absolute atomic E-state index is 0.0260. The van der Waals surface area contributed by atoms with E-state index in [-0.39, 0.29) is 5.92 Å². The van der Waals surface area contributed by atoms with Crippen LogP contribution in [0, 0.1) is 17.8 Å². The highest BCUT2D eigenvalue weighted by Crippen LogP contribution is 2.41. The number of ether oxygens (including phenoxy) is 2. The number of carbonyl (C=O) groups is 2. The topological polar surface area (TPSA) is 52.6 Å². The summed E-state index contributed by atoms with van der Waals surface area (Å²) >= 11 is 0. The zero-order chi connectivity index (χ0) is 12.1. The van der Waals surface area contributed by atoms with Crippen LogP contribution >= 0.6 is 0 Å². The van der Waals surface area contributed by atoms with Gasteiger partial charge in [-0.1, -0.05) is 6.92 Å². The first-order valence-electron chi connectivity index (χ1n) is 5.95. The molecule has 0 aromatic heterocycles. The molecule has 1 rings (SSSR count). The van der Waals surface area contributed by atoms with Crippen LogP contribution in [-0.4, -0.2) is 25.2 Å². The predicted octanol–water partition coefficient (Wildman–Crippen LogP) is 1.77. The van der Waals surface area contributed by atoms with E-state index in [1.165, 1.54) is 0 Å². The van der Waals surface area contributed by atoms with Crippen LogP contribution in [0.25, 0.3) is 0 Å². The lowest BCUT2D eigenvalue weighted by Gasteiger charge is -2.20.